The van der Waals surface area contributed by atoms with Crippen molar-refractivity contribution >= 4 is 28.4 Å². The SMILES string of the molecule is C[C@@H]1CN([C@@H](C)CO)C(=O)Cc2cc(NC(=O)Cc3cn(C)c4ccccc34)ccc2O[C@@H]1CN(C)C. The van der Waals surface area contributed by atoms with E-state index in [0.29, 0.717) is 24.5 Å². The molecule has 198 valence electrons. The third kappa shape index (κ3) is 6.14. The number of anilines is 1. The number of aryl methyl sites for hydroxylation is 1. The number of rotatable bonds is 7. The van der Waals surface area contributed by atoms with Crippen molar-refractivity contribution in [1.29, 1.82) is 0 Å². The molecule has 3 atom stereocenters. The molecule has 1 aliphatic rings. The molecule has 37 heavy (non-hydrogen) atoms. The number of likely N-dealkylation sites (N-methyl/N-ethyl adjacent to an activating group) is 1. The van der Waals surface area contributed by atoms with Crippen molar-refractivity contribution in [2.24, 2.45) is 13.0 Å². The number of aliphatic hydroxyl groups excluding tert-OH is 1. The van der Waals surface area contributed by atoms with E-state index in [1.54, 1.807) is 4.90 Å². The first kappa shape index (κ1) is 26.7. The van der Waals surface area contributed by atoms with E-state index in [0.717, 1.165) is 22.0 Å². The summed E-state index contributed by atoms with van der Waals surface area (Å²) in [6.45, 7) is 5.02. The molecule has 0 saturated heterocycles. The van der Waals surface area contributed by atoms with Gasteiger partial charge in [-0.3, -0.25) is 9.59 Å². The Labute approximate surface area is 218 Å². The van der Waals surface area contributed by atoms with Gasteiger partial charge in [-0.25, -0.2) is 0 Å². The lowest BCUT2D eigenvalue weighted by molar-refractivity contribution is -0.134. The zero-order valence-corrected chi connectivity index (χ0v) is 22.4. The first-order chi connectivity index (χ1) is 17.7. The Morgan fingerprint density at radius 3 is 2.73 bits per heavy atom. The fourth-order valence-corrected chi connectivity index (χ4v) is 5.03. The molecule has 4 rings (SSSR count). The van der Waals surface area contributed by atoms with Crippen LogP contribution in [0.1, 0.15) is 25.0 Å². The summed E-state index contributed by atoms with van der Waals surface area (Å²) < 4.78 is 8.49. The van der Waals surface area contributed by atoms with E-state index in [9.17, 15) is 14.7 Å². The third-order valence-electron chi connectivity index (χ3n) is 7.08. The minimum absolute atomic E-state index is 0.0615. The van der Waals surface area contributed by atoms with Crippen molar-refractivity contribution in [3.8, 4) is 5.75 Å². The van der Waals surface area contributed by atoms with E-state index in [4.69, 9.17) is 4.74 Å². The van der Waals surface area contributed by atoms with Crippen LogP contribution in [0.4, 0.5) is 5.69 Å². The van der Waals surface area contributed by atoms with Crippen LogP contribution in [-0.2, 0) is 29.5 Å². The van der Waals surface area contributed by atoms with E-state index in [1.165, 1.54) is 0 Å². The molecule has 2 N–H and O–H groups in total. The molecule has 0 aliphatic carbocycles. The maximum Gasteiger partial charge on any atom is 0.228 e. The third-order valence-corrected chi connectivity index (χ3v) is 7.08. The van der Waals surface area contributed by atoms with Gasteiger partial charge in [0.05, 0.1) is 25.5 Å². The summed E-state index contributed by atoms with van der Waals surface area (Å²) in [5.41, 5.74) is 3.40. The number of nitrogens with one attached hydrogen (secondary N) is 1. The highest BCUT2D eigenvalue weighted by Crippen LogP contribution is 2.29. The highest BCUT2D eigenvalue weighted by molar-refractivity contribution is 5.96. The average Bonchev–Trinajstić information content (AvgIpc) is 3.18. The molecule has 2 amide bonds. The summed E-state index contributed by atoms with van der Waals surface area (Å²) in [4.78, 5) is 30.1. The Morgan fingerprint density at radius 1 is 1.24 bits per heavy atom. The fraction of sp³-hybridized carbons (Fsp3) is 0.448. The Bertz CT molecular complexity index is 1270. The van der Waals surface area contributed by atoms with E-state index in [1.807, 2.05) is 81.3 Å². The molecule has 0 bridgehead atoms. The number of para-hydroxylation sites is 1. The number of aliphatic hydroxyl groups is 1. The second-order valence-electron chi connectivity index (χ2n) is 10.5. The predicted molar refractivity (Wildman–Crippen MR) is 146 cm³/mol. The molecular weight excluding hydrogens is 468 g/mol. The number of ether oxygens (including phenoxy) is 1. The summed E-state index contributed by atoms with van der Waals surface area (Å²) in [5, 5.41) is 13.8. The van der Waals surface area contributed by atoms with E-state index < -0.39 is 0 Å². The molecule has 0 radical (unpaired) electrons. The smallest absolute Gasteiger partial charge is 0.228 e. The van der Waals surface area contributed by atoms with E-state index in [-0.39, 0.29) is 49.3 Å². The van der Waals surface area contributed by atoms with Gasteiger partial charge < -0.3 is 29.5 Å². The zero-order valence-electron chi connectivity index (χ0n) is 22.4. The van der Waals surface area contributed by atoms with Gasteiger partial charge in [0.1, 0.15) is 11.9 Å². The number of carbonyl (C=O) groups is 2. The number of amides is 2. The lowest BCUT2D eigenvalue weighted by atomic mass is 10.0. The molecule has 8 heteroatoms. The topological polar surface area (TPSA) is 87.0 Å². The number of nitrogens with zero attached hydrogens (tertiary/aromatic N) is 3. The molecule has 0 fully saturated rings. The summed E-state index contributed by atoms with van der Waals surface area (Å²) >= 11 is 0. The molecular formula is C29H38N4O4. The van der Waals surface area contributed by atoms with Crippen LogP contribution >= 0.6 is 0 Å². The number of fused-ring (bicyclic) bond motifs is 2. The maximum atomic E-state index is 13.3. The Balaban J connectivity index is 1.58. The van der Waals surface area contributed by atoms with Crippen LogP contribution in [0.2, 0.25) is 0 Å². The van der Waals surface area contributed by atoms with Crippen molar-refractivity contribution in [3.05, 3.63) is 59.8 Å². The van der Waals surface area contributed by atoms with Gasteiger partial charge in [0.25, 0.3) is 0 Å². The Kier molecular flexibility index (Phi) is 8.19. The largest absolute Gasteiger partial charge is 0.488 e. The molecule has 0 unspecified atom stereocenters. The average molecular weight is 507 g/mol. The monoisotopic (exact) mass is 506 g/mol. The van der Waals surface area contributed by atoms with Gasteiger partial charge in [-0.15, -0.1) is 0 Å². The summed E-state index contributed by atoms with van der Waals surface area (Å²) in [6, 6.07) is 13.2. The highest BCUT2D eigenvalue weighted by atomic mass is 16.5. The number of carbonyl (C=O) groups excluding carboxylic acids is 2. The van der Waals surface area contributed by atoms with Gasteiger partial charge in [0.15, 0.2) is 0 Å². The number of hydrogen-bond acceptors (Lipinski definition) is 5. The summed E-state index contributed by atoms with van der Waals surface area (Å²) in [5.74, 6) is 0.521. The molecule has 8 nitrogen and oxygen atoms in total. The van der Waals surface area contributed by atoms with Crippen LogP contribution in [0, 0.1) is 5.92 Å². The fourth-order valence-electron chi connectivity index (χ4n) is 5.03. The molecule has 1 aliphatic heterocycles. The predicted octanol–water partition coefficient (Wildman–Crippen LogP) is 3.07. The second-order valence-corrected chi connectivity index (χ2v) is 10.5. The van der Waals surface area contributed by atoms with Crippen molar-refractivity contribution in [3.63, 3.8) is 0 Å². The first-order valence-corrected chi connectivity index (χ1v) is 12.8. The number of hydrogen-bond donors (Lipinski definition) is 2. The van der Waals surface area contributed by atoms with Gasteiger partial charge in [-0.1, -0.05) is 25.1 Å². The normalized spacial score (nSPS) is 19.1. The van der Waals surface area contributed by atoms with Gasteiger partial charge in [-0.05, 0) is 50.8 Å². The number of benzene rings is 2. The molecule has 0 saturated carbocycles. The highest BCUT2D eigenvalue weighted by Gasteiger charge is 2.30. The van der Waals surface area contributed by atoms with Crippen LogP contribution in [0.25, 0.3) is 10.9 Å². The van der Waals surface area contributed by atoms with Gasteiger partial charge in [0.2, 0.25) is 11.8 Å². The van der Waals surface area contributed by atoms with Crippen LogP contribution in [-0.4, -0.2) is 77.2 Å². The lowest BCUT2D eigenvalue weighted by Crippen LogP contribution is -2.47. The summed E-state index contributed by atoms with van der Waals surface area (Å²) in [7, 11) is 5.97. The Morgan fingerprint density at radius 2 is 2.00 bits per heavy atom. The van der Waals surface area contributed by atoms with Crippen molar-refractivity contribution in [1.82, 2.24) is 14.4 Å². The molecule has 2 heterocycles. The lowest BCUT2D eigenvalue weighted by Gasteiger charge is -2.33. The van der Waals surface area contributed by atoms with Gasteiger partial charge in [-0.2, -0.15) is 0 Å². The van der Waals surface area contributed by atoms with Crippen LogP contribution in [0.15, 0.2) is 48.7 Å². The van der Waals surface area contributed by atoms with Crippen molar-refractivity contribution in [2.75, 3.05) is 39.1 Å². The minimum Gasteiger partial charge on any atom is -0.488 e. The zero-order chi connectivity index (χ0) is 26.7. The Hall–Kier alpha value is -3.36. The molecule has 1 aromatic heterocycles. The number of aromatic nitrogens is 1. The van der Waals surface area contributed by atoms with Gasteiger partial charge >= 0.3 is 0 Å². The van der Waals surface area contributed by atoms with E-state index >= 15 is 0 Å². The second kappa shape index (κ2) is 11.4. The standard InChI is InChI=1S/C29H38N4O4/c1-19-15-33(20(2)18-34)29(36)14-21-12-23(10-11-26(21)37-27(19)17-31(3)4)30-28(35)13-22-16-32(5)25-9-7-6-8-24(22)25/h6-12,16,19-20,27,34H,13-15,17-18H2,1-5H3,(H,30,35)/t19-,20+,27-/m1/s1. The van der Waals surface area contributed by atoms with Crippen LogP contribution in [0.5, 0.6) is 5.75 Å². The summed E-state index contributed by atoms with van der Waals surface area (Å²) in [6.07, 6.45) is 2.23. The minimum atomic E-state index is -0.292. The van der Waals surface area contributed by atoms with Gasteiger partial charge in [0, 0.05) is 54.4 Å². The van der Waals surface area contributed by atoms with Crippen molar-refractivity contribution in [2.45, 2.75) is 38.8 Å². The van der Waals surface area contributed by atoms with Crippen LogP contribution < -0.4 is 10.1 Å². The van der Waals surface area contributed by atoms with Crippen molar-refractivity contribution < 1.29 is 19.4 Å². The molecule has 2 aromatic carbocycles. The molecule has 3 aromatic rings. The quantitative estimate of drug-likeness (QED) is 0.514. The van der Waals surface area contributed by atoms with E-state index in [2.05, 4.69) is 17.1 Å². The maximum absolute atomic E-state index is 13.3. The molecule has 0 spiro atoms. The first-order valence-electron chi connectivity index (χ1n) is 12.8. The van der Waals surface area contributed by atoms with Crippen LogP contribution in [0.3, 0.4) is 0 Å².